The summed E-state index contributed by atoms with van der Waals surface area (Å²) in [6, 6.07) is 6.24. The SMILES string of the molecule is CCNC(=NCc1ccc(C)cc1OC)NCC1(CCOC)CCC1.I. The Labute approximate surface area is 175 Å². The molecule has 0 spiro atoms. The van der Waals surface area contributed by atoms with E-state index >= 15 is 0 Å². The van der Waals surface area contributed by atoms with E-state index in [2.05, 4.69) is 42.7 Å². The average Bonchev–Trinajstić information content (AvgIpc) is 2.58. The molecule has 1 aliphatic carbocycles. The third-order valence-corrected chi connectivity index (χ3v) is 5.08. The summed E-state index contributed by atoms with van der Waals surface area (Å²) >= 11 is 0. The molecule has 1 fully saturated rings. The minimum absolute atomic E-state index is 0. The van der Waals surface area contributed by atoms with Crippen molar-refractivity contribution in [2.24, 2.45) is 10.4 Å². The molecule has 6 heteroatoms. The zero-order valence-corrected chi connectivity index (χ0v) is 18.9. The van der Waals surface area contributed by atoms with Gasteiger partial charge in [-0.25, -0.2) is 4.99 Å². The van der Waals surface area contributed by atoms with Gasteiger partial charge in [0.2, 0.25) is 0 Å². The van der Waals surface area contributed by atoms with E-state index in [0.29, 0.717) is 12.0 Å². The maximum Gasteiger partial charge on any atom is 0.191 e. The first kappa shape index (κ1) is 23.0. The van der Waals surface area contributed by atoms with Crippen LogP contribution in [0.15, 0.2) is 23.2 Å². The molecule has 0 saturated heterocycles. The maximum absolute atomic E-state index is 5.48. The zero-order chi connectivity index (χ0) is 18.1. The molecular weight excluding hydrogens is 441 g/mol. The second-order valence-corrected chi connectivity index (χ2v) is 6.96. The number of guanidine groups is 1. The van der Waals surface area contributed by atoms with E-state index in [1.54, 1.807) is 14.2 Å². The van der Waals surface area contributed by atoms with Crippen molar-refractivity contribution in [1.29, 1.82) is 0 Å². The fraction of sp³-hybridized carbons (Fsp3) is 0.650. The van der Waals surface area contributed by atoms with Gasteiger partial charge in [0.15, 0.2) is 5.96 Å². The van der Waals surface area contributed by atoms with Gasteiger partial charge in [0, 0.05) is 32.4 Å². The first-order valence-corrected chi connectivity index (χ1v) is 9.27. The van der Waals surface area contributed by atoms with Crippen molar-refractivity contribution in [3.8, 4) is 5.75 Å². The summed E-state index contributed by atoms with van der Waals surface area (Å²) in [4.78, 5) is 4.75. The highest BCUT2D eigenvalue weighted by molar-refractivity contribution is 14.0. The predicted octanol–water partition coefficient (Wildman–Crippen LogP) is 3.88. The first-order chi connectivity index (χ1) is 12.1. The Kier molecular flexibility index (Phi) is 10.3. The van der Waals surface area contributed by atoms with Crippen molar-refractivity contribution in [3.05, 3.63) is 29.3 Å². The van der Waals surface area contributed by atoms with Gasteiger partial charge in [-0.2, -0.15) is 0 Å². The summed E-state index contributed by atoms with van der Waals surface area (Å²) in [5, 5.41) is 6.88. The van der Waals surface area contributed by atoms with Crippen LogP contribution in [-0.2, 0) is 11.3 Å². The van der Waals surface area contributed by atoms with E-state index in [1.165, 1.54) is 24.8 Å². The lowest BCUT2D eigenvalue weighted by Gasteiger charge is -2.42. The lowest BCUT2D eigenvalue weighted by Crippen LogP contribution is -2.46. The van der Waals surface area contributed by atoms with Crippen molar-refractivity contribution >= 4 is 29.9 Å². The Morgan fingerprint density at radius 1 is 1.23 bits per heavy atom. The number of hydrogen-bond donors (Lipinski definition) is 2. The van der Waals surface area contributed by atoms with Gasteiger partial charge in [-0.3, -0.25) is 0 Å². The van der Waals surface area contributed by atoms with Crippen LogP contribution < -0.4 is 15.4 Å². The largest absolute Gasteiger partial charge is 0.496 e. The van der Waals surface area contributed by atoms with Gasteiger partial charge in [-0.15, -0.1) is 24.0 Å². The van der Waals surface area contributed by atoms with E-state index in [9.17, 15) is 0 Å². The molecule has 148 valence electrons. The topological polar surface area (TPSA) is 54.9 Å². The second-order valence-electron chi connectivity index (χ2n) is 6.96. The molecule has 1 aromatic carbocycles. The number of nitrogens with zero attached hydrogens (tertiary/aromatic N) is 1. The minimum Gasteiger partial charge on any atom is -0.496 e. The van der Waals surface area contributed by atoms with E-state index in [4.69, 9.17) is 14.5 Å². The van der Waals surface area contributed by atoms with Crippen molar-refractivity contribution < 1.29 is 9.47 Å². The smallest absolute Gasteiger partial charge is 0.191 e. The number of rotatable bonds is 9. The van der Waals surface area contributed by atoms with Crippen LogP contribution in [0.3, 0.4) is 0 Å². The standard InChI is InChI=1S/C20H33N3O2.HI/c1-5-21-19(23-15-20(9-6-10-20)11-12-24-3)22-14-17-8-7-16(2)13-18(17)25-4;/h7-8,13H,5-6,9-12,14-15H2,1-4H3,(H2,21,22,23);1H. The van der Waals surface area contributed by atoms with Crippen molar-refractivity contribution in [2.45, 2.75) is 46.1 Å². The van der Waals surface area contributed by atoms with Gasteiger partial charge in [0.05, 0.1) is 13.7 Å². The predicted molar refractivity (Wildman–Crippen MR) is 119 cm³/mol. The molecule has 2 rings (SSSR count). The van der Waals surface area contributed by atoms with E-state index in [1.807, 2.05) is 0 Å². The number of benzene rings is 1. The Morgan fingerprint density at radius 3 is 2.58 bits per heavy atom. The third-order valence-electron chi connectivity index (χ3n) is 5.08. The van der Waals surface area contributed by atoms with Crippen LogP contribution in [0.1, 0.15) is 43.7 Å². The molecule has 0 unspecified atom stereocenters. The molecule has 5 nitrogen and oxygen atoms in total. The summed E-state index contributed by atoms with van der Waals surface area (Å²) in [6.07, 6.45) is 4.98. The van der Waals surface area contributed by atoms with Crippen LogP contribution in [0.4, 0.5) is 0 Å². The summed E-state index contributed by atoms with van der Waals surface area (Å²) in [5.74, 6) is 1.77. The van der Waals surface area contributed by atoms with Crippen LogP contribution in [-0.4, -0.2) is 39.9 Å². The van der Waals surface area contributed by atoms with Gasteiger partial charge in [0.25, 0.3) is 0 Å². The Hall–Kier alpha value is -1.02. The fourth-order valence-corrected chi connectivity index (χ4v) is 3.27. The zero-order valence-electron chi connectivity index (χ0n) is 16.6. The first-order valence-electron chi connectivity index (χ1n) is 9.27. The molecule has 1 aliphatic rings. The van der Waals surface area contributed by atoms with Crippen LogP contribution >= 0.6 is 24.0 Å². The lowest BCUT2D eigenvalue weighted by molar-refractivity contribution is 0.0732. The van der Waals surface area contributed by atoms with Crippen molar-refractivity contribution in [2.75, 3.05) is 33.9 Å². The van der Waals surface area contributed by atoms with E-state index in [0.717, 1.165) is 43.4 Å². The minimum atomic E-state index is 0. The number of ether oxygens (including phenoxy) is 2. The molecule has 1 aromatic rings. The number of methoxy groups -OCH3 is 2. The average molecular weight is 475 g/mol. The molecule has 1 saturated carbocycles. The highest BCUT2D eigenvalue weighted by Gasteiger charge is 2.36. The highest BCUT2D eigenvalue weighted by Crippen LogP contribution is 2.43. The van der Waals surface area contributed by atoms with Crippen LogP contribution in [0.5, 0.6) is 5.75 Å². The molecule has 2 N–H and O–H groups in total. The molecule has 0 amide bonds. The van der Waals surface area contributed by atoms with Gasteiger partial charge in [-0.1, -0.05) is 18.6 Å². The molecule has 0 aromatic heterocycles. The fourth-order valence-electron chi connectivity index (χ4n) is 3.27. The summed E-state index contributed by atoms with van der Waals surface area (Å²) in [6.45, 7) is 7.39. The van der Waals surface area contributed by atoms with Crippen molar-refractivity contribution in [1.82, 2.24) is 10.6 Å². The van der Waals surface area contributed by atoms with E-state index in [-0.39, 0.29) is 24.0 Å². The Balaban J connectivity index is 0.00000338. The van der Waals surface area contributed by atoms with Gasteiger partial charge in [-0.05, 0) is 50.2 Å². The number of aryl methyl sites for hydroxylation is 1. The number of hydrogen-bond acceptors (Lipinski definition) is 3. The van der Waals surface area contributed by atoms with Gasteiger partial charge >= 0.3 is 0 Å². The lowest BCUT2D eigenvalue weighted by atomic mass is 9.67. The summed E-state index contributed by atoms with van der Waals surface area (Å²) in [5.41, 5.74) is 2.66. The Morgan fingerprint density at radius 2 is 2.00 bits per heavy atom. The quantitative estimate of drug-likeness (QED) is 0.324. The van der Waals surface area contributed by atoms with Gasteiger partial charge < -0.3 is 20.1 Å². The van der Waals surface area contributed by atoms with Crippen LogP contribution in [0.25, 0.3) is 0 Å². The molecule has 0 radical (unpaired) electrons. The maximum atomic E-state index is 5.48. The number of aliphatic imine (C=N–C) groups is 1. The molecule has 0 bridgehead atoms. The normalized spacial score (nSPS) is 15.6. The third kappa shape index (κ3) is 6.61. The molecule has 0 atom stereocenters. The van der Waals surface area contributed by atoms with Gasteiger partial charge in [0.1, 0.15) is 5.75 Å². The molecule has 26 heavy (non-hydrogen) atoms. The van der Waals surface area contributed by atoms with E-state index < -0.39 is 0 Å². The second kappa shape index (κ2) is 11.6. The van der Waals surface area contributed by atoms with Crippen LogP contribution in [0.2, 0.25) is 0 Å². The summed E-state index contributed by atoms with van der Waals surface area (Å²) < 4.78 is 10.8. The summed E-state index contributed by atoms with van der Waals surface area (Å²) in [7, 11) is 3.49. The molecule has 0 heterocycles. The molecular formula is C20H34IN3O2. The number of halogens is 1. The highest BCUT2D eigenvalue weighted by atomic mass is 127. The Bertz CT molecular complexity index is 574. The monoisotopic (exact) mass is 475 g/mol. The number of nitrogens with one attached hydrogen (secondary N) is 2. The van der Waals surface area contributed by atoms with Crippen molar-refractivity contribution in [3.63, 3.8) is 0 Å². The molecule has 0 aliphatic heterocycles. The van der Waals surface area contributed by atoms with Crippen LogP contribution in [0, 0.1) is 12.3 Å².